The molecule has 1 atom stereocenters. The molecule has 0 bridgehead atoms. The first-order valence-electron chi connectivity index (χ1n) is 15.1. The third-order valence-electron chi connectivity index (χ3n) is 7.76. The Morgan fingerprint density at radius 3 is 2.64 bits per heavy atom. The van der Waals surface area contributed by atoms with Crippen molar-refractivity contribution in [2.75, 3.05) is 17.5 Å². The van der Waals surface area contributed by atoms with Gasteiger partial charge < -0.3 is 24.8 Å². The first-order valence-corrected chi connectivity index (χ1v) is 17.4. The molecule has 1 aliphatic rings. The lowest BCUT2D eigenvalue weighted by atomic mass is 10.1. The highest BCUT2D eigenvalue weighted by Crippen LogP contribution is 2.36. The number of nitrogens with zero attached hydrogens (tertiary/aromatic N) is 7. The molecule has 15 heteroatoms. The van der Waals surface area contributed by atoms with Gasteiger partial charge in [-0.3, -0.25) is 14.0 Å². The number of nitrogens with two attached hydrogens (primary N) is 1. The van der Waals surface area contributed by atoms with Gasteiger partial charge in [0, 0.05) is 61.4 Å². The Bertz CT molecular complexity index is 1910. The van der Waals surface area contributed by atoms with Crippen LogP contribution in [0.4, 0.5) is 4.79 Å². The highest BCUT2D eigenvalue weighted by molar-refractivity contribution is 14.1. The Labute approximate surface area is 289 Å². The predicted octanol–water partition coefficient (Wildman–Crippen LogP) is 5.71. The second-order valence-electron chi connectivity index (χ2n) is 12.0. The fraction of sp³-hybridized carbons (Fsp3) is 0.375. The maximum absolute atomic E-state index is 12.5. The van der Waals surface area contributed by atoms with Gasteiger partial charge in [-0.25, -0.2) is 14.8 Å². The third kappa shape index (κ3) is 7.35. The first kappa shape index (κ1) is 32.7. The first-order chi connectivity index (χ1) is 22.5. The molecule has 0 saturated carbocycles. The molecule has 47 heavy (non-hydrogen) atoms. The van der Waals surface area contributed by atoms with Crippen molar-refractivity contribution in [1.29, 1.82) is 0 Å². The summed E-state index contributed by atoms with van der Waals surface area (Å²) in [5, 5.41) is 4.99. The number of piperidine rings is 1. The number of aromatic nitrogens is 6. The van der Waals surface area contributed by atoms with Gasteiger partial charge in [0.15, 0.2) is 0 Å². The van der Waals surface area contributed by atoms with Crippen molar-refractivity contribution in [1.82, 2.24) is 34.2 Å². The van der Waals surface area contributed by atoms with E-state index in [1.807, 2.05) is 63.0 Å². The van der Waals surface area contributed by atoms with Gasteiger partial charge in [0.2, 0.25) is 0 Å². The number of amides is 2. The molecular weight excluding hydrogens is 735 g/mol. The number of primary amides is 1. The van der Waals surface area contributed by atoms with E-state index < -0.39 is 17.6 Å². The lowest BCUT2D eigenvalue weighted by Crippen LogP contribution is -2.45. The number of rotatable bonds is 10. The standard InChI is InChI=1S/C32H35IN8O5S/c1-19(23-7-10-35-30(38-23)45-22-8-11-40(12-9-22)31(43)46-32(2,3)17-33)44-26-14-27(47-28(26)29(34)42)41-18-36-24-13-20(5-6-25(24)41)21-15-37-39(4)16-21/h5-7,10,13-16,18-19,22H,8-9,11-12,17H2,1-4H3,(H2,34,42). The number of alkyl halides is 1. The maximum Gasteiger partial charge on any atom is 0.410 e. The summed E-state index contributed by atoms with van der Waals surface area (Å²) in [6.07, 6.45) is 7.36. The second-order valence-corrected chi connectivity index (χ2v) is 13.7. The van der Waals surface area contributed by atoms with E-state index in [9.17, 15) is 9.59 Å². The molecule has 1 unspecified atom stereocenters. The fourth-order valence-corrected chi connectivity index (χ4v) is 6.28. The van der Waals surface area contributed by atoms with Crippen molar-refractivity contribution < 1.29 is 23.8 Å². The fourth-order valence-electron chi connectivity index (χ4n) is 5.20. The predicted molar refractivity (Wildman–Crippen MR) is 185 cm³/mol. The SMILES string of the molecule is CC(Oc1cc(-n2cnc3cc(-c4cnn(C)c4)ccc32)sc1C(N)=O)c1ccnc(OC2CCN(C(=O)OC(C)(C)CI)CC2)n1. The van der Waals surface area contributed by atoms with Crippen LogP contribution in [0.1, 0.15) is 55.1 Å². The number of thiophene rings is 1. The van der Waals surface area contributed by atoms with Crippen molar-refractivity contribution in [2.45, 2.75) is 51.4 Å². The largest absolute Gasteiger partial charge is 0.483 e. The Morgan fingerprint density at radius 1 is 1.15 bits per heavy atom. The molecule has 0 radical (unpaired) electrons. The smallest absolute Gasteiger partial charge is 0.410 e. The van der Waals surface area contributed by atoms with Gasteiger partial charge in [-0.2, -0.15) is 10.1 Å². The van der Waals surface area contributed by atoms with E-state index in [1.165, 1.54) is 11.3 Å². The van der Waals surface area contributed by atoms with Gasteiger partial charge in [0.05, 0.1) is 22.9 Å². The molecule has 2 amide bonds. The molecule has 4 aromatic heterocycles. The highest BCUT2D eigenvalue weighted by atomic mass is 127. The number of ether oxygens (including phenoxy) is 3. The summed E-state index contributed by atoms with van der Waals surface area (Å²) < 4.78 is 22.3. The quantitative estimate of drug-likeness (QED) is 0.139. The van der Waals surface area contributed by atoms with E-state index >= 15 is 0 Å². The molecule has 1 aliphatic heterocycles. The van der Waals surface area contributed by atoms with Gasteiger partial charge in [-0.05, 0) is 44.5 Å². The normalized spacial score (nSPS) is 14.7. The van der Waals surface area contributed by atoms with Crippen LogP contribution in [0.15, 0.2) is 55.2 Å². The molecule has 0 spiro atoms. The molecule has 6 rings (SSSR count). The lowest BCUT2D eigenvalue weighted by molar-refractivity contribution is 0.0153. The van der Waals surface area contributed by atoms with Crippen LogP contribution in [0.2, 0.25) is 0 Å². The Kier molecular flexibility index (Phi) is 9.36. The van der Waals surface area contributed by atoms with Crippen molar-refractivity contribution in [3.05, 3.63) is 65.8 Å². The number of aryl methyl sites for hydroxylation is 1. The van der Waals surface area contributed by atoms with Crippen molar-refractivity contribution >= 4 is 57.0 Å². The van der Waals surface area contributed by atoms with Crippen molar-refractivity contribution in [2.24, 2.45) is 12.8 Å². The highest BCUT2D eigenvalue weighted by Gasteiger charge is 2.30. The minimum atomic E-state index is -0.591. The molecule has 13 nitrogen and oxygen atoms in total. The molecule has 5 aromatic rings. The van der Waals surface area contributed by atoms with Gasteiger partial charge in [0.25, 0.3) is 5.91 Å². The maximum atomic E-state index is 12.5. The number of hydrogen-bond acceptors (Lipinski definition) is 10. The van der Waals surface area contributed by atoms with E-state index in [0.29, 0.717) is 46.7 Å². The summed E-state index contributed by atoms with van der Waals surface area (Å²) in [5.41, 5.74) is 9.52. The van der Waals surface area contributed by atoms with Crippen molar-refractivity contribution in [3.8, 4) is 27.9 Å². The Balaban J connectivity index is 1.13. The van der Waals surface area contributed by atoms with Crippen LogP contribution in [0, 0.1) is 0 Å². The van der Waals surface area contributed by atoms with E-state index in [0.717, 1.165) is 27.2 Å². The van der Waals surface area contributed by atoms with E-state index in [4.69, 9.17) is 19.9 Å². The number of halogens is 1. The third-order valence-corrected chi connectivity index (χ3v) is 10.7. The molecule has 1 aromatic carbocycles. The van der Waals surface area contributed by atoms with E-state index in [2.05, 4.69) is 42.6 Å². The average Bonchev–Trinajstić information content (AvgIpc) is 3.79. The molecular formula is C32H35IN8O5S. The van der Waals surface area contributed by atoms with E-state index in [1.54, 1.807) is 34.2 Å². The van der Waals surface area contributed by atoms with Gasteiger partial charge in [-0.1, -0.05) is 28.7 Å². The summed E-state index contributed by atoms with van der Waals surface area (Å²) in [7, 11) is 1.88. The molecule has 1 fully saturated rings. The van der Waals surface area contributed by atoms with Gasteiger partial charge in [-0.15, -0.1) is 11.3 Å². The minimum Gasteiger partial charge on any atom is -0.483 e. The topological polar surface area (TPSA) is 153 Å². The van der Waals surface area contributed by atoms with Gasteiger partial charge in [0.1, 0.15) is 39.8 Å². The molecule has 246 valence electrons. The number of imidazole rings is 1. The second kappa shape index (κ2) is 13.5. The van der Waals surface area contributed by atoms with Crippen LogP contribution in [0.5, 0.6) is 11.8 Å². The molecule has 1 saturated heterocycles. The number of carbonyl (C=O) groups is 2. The Morgan fingerprint density at radius 2 is 1.94 bits per heavy atom. The van der Waals surface area contributed by atoms with Crippen LogP contribution in [-0.4, -0.2) is 75.4 Å². The van der Waals surface area contributed by atoms with Crippen LogP contribution in [-0.2, 0) is 11.8 Å². The number of carbonyl (C=O) groups excluding carboxylic acids is 2. The molecule has 2 N–H and O–H groups in total. The number of likely N-dealkylation sites (tertiary alicyclic amines) is 1. The van der Waals surface area contributed by atoms with Gasteiger partial charge >= 0.3 is 12.1 Å². The summed E-state index contributed by atoms with van der Waals surface area (Å²) in [4.78, 5) is 40.5. The Hall–Kier alpha value is -4.25. The number of hydrogen-bond donors (Lipinski definition) is 1. The van der Waals surface area contributed by atoms with Crippen LogP contribution >= 0.6 is 33.9 Å². The van der Waals surface area contributed by atoms with Crippen LogP contribution in [0.25, 0.3) is 27.2 Å². The lowest BCUT2D eigenvalue weighted by Gasteiger charge is -2.33. The monoisotopic (exact) mass is 770 g/mol. The number of benzene rings is 1. The number of fused-ring (bicyclic) bond motifs is 1. The zero-order valence-corrected chi connectivity index (χ0v) is 29.4. The summed E-state index contributed by atoms with van der Waals surface area (Å²) >= 11 is 3.44. The van der Waals surface area contributed by atoms with Crippen LogP contribution < -0.4 is 15.2 Å². The summed E-state index contributed by atoms with van der Waals surface area (Å²) in [6, 6.07) is 9.76. The summed E-state index contributed by atoms with van der Waals surface area (Å²) in [5.74, 6) is -0.239. The summed E-state index contributed by atoms with van der Waals surface area (Å²) in [6.45, 7) is 6.68. The van der Waals surface area contributed by atoms with Crippen molar-refractivity contribution in [3.63, 3.8) is 0 Å². The average molecular weight is 771 g/mol. The van der Waals surface area contributed by atoms with E-state index in [-0.39, 0.29) is 18.2 Å². The van der Waals surface area contributed by atoms with Crippen LogP contribution in [0.3, 0.4) is 0 Å². The molecule has 5 heterocycles. The zero-order valence-electron chi connectivity index (χ0n) is 26.4. The molecule has 0 aliphatic carbocycles. The minimum absolute atomic E-state index is 0.144. The zero-order chi connectivity index (χ0) is 33.3.